The van der Waals surface area contributed by atoms with Gasteiger partial charge in [0.1, 0.15) is 12.6 Å². The van der Waals surface area contributed by atoms with Gasteiger partial charge in [-0.05, 0) is 19.3 Å². The standard InChI is InChI=1S/C14H25N3O8S3.Na/c15-9(14(22)23)3-4-11(18)17-10(13(21)16-7-12(19)20)8-27-26-5-1-2-6-28(24)25;/h9-10H,1-8,15H2,(H,16,21)(H,17,18)(H,19,20)(H,22,23)(H,24,25);/q;+1/p-1. The molecule has 3 unspecified atom stereocenters. The van der Waals surface area contributed by atoms with Crippen LogP contribution in [0, 0.1) is 0 Å². The van der Waals surface area contributed by atoms with Crippen LogP contribution < -0.4 is 51.0 Å². The summed E-state index contributed by atoms with van der Waals surface area (Å²) >= 11 is -1.82. The molecule has 3 atom stereocenters. The van der Waals surface area contributed by atoms with Crippen LogP contribution in [0.3, 0.4) is 0 Å². The number of carboxylic acids is 2. The molecule has 6 N–H and O–H groups in total. The van der Waals surface area contributed by atoms with Crippen molar-refractivity contribution in [2.24, 2.45) is 5.73 Å². The zero-order valence-electron chi connectivity index (χ0n) is 16.0. The molecule has 0 aromatic carbocycles. The third kappa shape index (κ3) is 18.2. The van der Waals surface area contributed by atoms with Crippen molar-refractivity contribution in [3.63, 3.8) is 0 Å². The van der Waals surface area contributed by atoms with Gasteiger partial charge in [-0.15, -0.1) is 0 Å². The first-order chi connectivity index (χ1) is 13.1. The molecule has 0 spiro atoms. The molecule has 0 saturated heterocycles. The number of carbonyl (C=O) groups is 4. The molecule has 0 aliphatic carbocycles. The van der Waals surface area contributed by atoms with E-state index >= 15 is 0 Å². The van der Waals surface area contributed by atoms with Gasteiger partial charge < -0.3 is 35.9 Å². The molecular formula is C14H24N3NaO8S3. The Kier molecular flexibility index (Phi) is 19.6. The Hall–Kier alpha value is -0.350. The first-order valence-corrected chi connectivity index (χ1v) is 12.0. The van der Waals surface area contributed by atoms with Gasteiger partial charge in [0.25, 0.3) is 0 Å². The van der Waals surface area contributed by atoms with Gasteiger partial charge in [-0.25, -0.2) is 4.21 Å². The van der Waals surface area contributed by atoms with Gasteiger partial charge in [0, 0.05) is 29.7 Å². The number of amides is 2. The zero-order chi connectivity index (χ0) is 21.5. The maximum absolute atomic E-state index is 12.1. The number of rotatable bonds is 16. The van der Waals surface area contributed by atoms with E-state index in [0.717, 1.165) is 0 Å². The van der Waals surface area contributed by atoms with Crippen molar-refractivity contribution in [1.29, 1.82) is 0 Å². The molecule has 0 aromatic heterocycles. The molecule has 0 fully saturated rings. The van der Waals surface area contributed by atoms with Crippen molar-refractivity contribution < 1.29 is 67.7 Å². The van der Waals surface area contributed by atoms with E-state index in [0.29, 0.717) is 18.6 Å². The molecule has 0 heterocycles. The molecule has 0 bridgehead atoms. The molecule has 0 aliphatic rings. The van der Waals surface area contributed by atoms with Gasteiger partial charge in [-0.2, -0.15) is 0 Å². The molecule has 0 aromatic rings. The average Bonchev–Trinajstić information content (AvgIpc) is 2.61. The molecular weight excluding hydrogens is 457 g/mol. The fourth-order valence-corrected chi connectivity index (χ4v) is 4.46. The molecule has 2 amide bonds. The van der Waals surface area contributed by atoms with E-state index in [1.165, 1.54) is 21.6 Å². The summed E-state index contributed by atoms with van der Waals surface area (Å²) in [6.45, 7) is -0.600. The Balaban J connectivity index is 0. The summed E-state index contributed by atoms with van der Waals surface area (Å²) in [6, 6.07) is -2.31. The number of aliphatic carboxylic acids is 2. The monoisotopic (exact) mass is 481 g/mol. The third-order valence-corrected chi connectivity index (χ3v) is 6.30. The Morgan fingerprint density at radius 1 is 1.17 bits per heavy atom. The van der Waals surface area contributed by atoms with Crippen LogP contribution in [0.4, 0.5) is 0 Å². The smallest absolute Gasteiger partial charge is 0.548 e. The number of nitrogens with two attached hydrogens (primary N) is 1. The number of hydrogen-bond donors (Lipinski definition) is 5. The maximum atomic E-state index is 12.1. The van der Waals surface area contributed by atoms with Gasteiger partial charge in [0.2, 0.25) is 11.8 Å². The van der Waals surface area contributed by atoms with E-state index in [1.54, 1.807) is 0 Å². The second-order valence-electron chi connectivity index (χ2n) is 5.54. The van der Waals surface area contributed by atoms with E-state index in [9.17, 15) is 28.5 Å². The molecule has 11 nitrogen and oxygen atoms in total. The number of carboxylic acid groups (broad SMARTS) is 2. The topological polar surface area (TPSA) is 199 Å². The van der Waals surface area contributed by atoms with Crippen LogP contribution in [0.2, 0.25) is 0 Å². The Bertz CT molecular complexity index is 570. The summed E-state index contributed by atoms with van der Waals surface area (Å²) < 4.78 is 19.2. The first kappa shape index (κ1) is 30.8. The number of unbranched alkanes of at least 4 members (excludes halogenated alkanes) is 1. The maximum Gasteiger partial charge on any atom is 1.00 e. The van der Waals surface area contributed by atoms with Gasteiger partial charge in [-0.1, -0.05) is 21.6 Å². The zero-order valence-corrected chi connectivity index (χ0v) is 20.4. The Labute approximate surface area is 201 Å². The summed E-state index contributed by atoms with van der Waals surface area (Å²) in [5.74, 6) is -2.98. The van der Waals surface area contributed by atoms with Crippen molar-refractivity contribution in [3.05, 3.63) is 0 Å². The van der Waals surface area contributed by atoms with Gasteiger partial charge in [0.05, 0.1) is 5.97 Å². The second kappa shape index (κ2) is 18.4. The Morgan fingerprint density at radius 3 is 2.38 bits per heavy atom. The average molecular weight is 482 g/mol. The SMILES string of the molecule is NC(CCC(=O)NC(CSSCCCCS(=O)O)C(=O)NCC(=O)O)C(=O)[O-].[Na+]. The van der Waals surface area contributed by atoms with Crippen molar-refractivity contribution in [3.8, 4) is 0 Å². The normalized spacial score (nSPS) is 13.4. The summed E-state index contributed by atoms with van der Waals surface area (Å²) in [4.78, 5) is 45.1. The minimum atomic E-state index is -1.82. The van der Waals surface area contributed by atoms with Crippen molar-refractivity contribution in [2.45, 2.75) is 37.8 Å². The fourth-order valence-electron chi connectivity index (χ4n) is 1.70. The van der Waals surface area contributed by atoms with Crippen LogP contribution >= 0.6 is 21.6 Å². The number of nitrogens with one attached hydrogen (secondary N) is 2. The van der Waals surface area contributed by atoms with Crippen molar-refractivity contribution in [2.75, 3.05) is 23.8 Å². The van der Waals surface area contributed by atoms with Crippen LogP contribution in [0.15, 0.2) is 0 Å². The van der Waals surface area contributed by atoms with Crippen LogP contribution in [0.5, 0.6) is 0 Å². The van der Waals surface area contributed by atoms with E-state index in [-0.39, 0.29) is 53.9 Å². The second-order valence-corrected chi connectivity index (χ2v) is 9.21. The van der Waals surface area contributed by atoms with E-state index in [2.05, 4.69) is 10.6 Å². The van der Waals surface area contributed by atoms with Gasteiger partial charge >= 0.3 is 35.5 Å². The van der Waals surface area contributed by atoms with Crippen LogP contribution in [0.1, 0.15) is 25.7 Å². The molecule has 0 rings (SSSR count). The van der Waals surface area contributed by atoms with Gasteiger partial charge in [0.15, 0.2) is 11.1 Å². The van der Waals surface area contributed by atoms with E-state index in [4.69, 9.17) is 15.4 Å². The van der Waals surface area contributed by atoms with Crippen LogP contribution in [0.25, 0.3) is 0 Å². The third-order valence-electron chi connectivity index (χ3n) is 3.17. The predicted octanol–water partition coefficient (Wildman–Crippen LogP) is -5.08. The van der Waals surface area contributed by atoms with Gasteiger partial charge in [-0.3, -0.25) is 14.4 Å². The molecule has 15 heteroatoms. The minimum absolute atomic E-state index is 0. The summed E-state index contributed by atoms with van der Waals surface area (Å²) in [7, 11) is 2.69. The van der Waals surface area contributed by atoms with Crippen molar-refractivity contribution in [1.82, 2.24) is 10.6 Å². The molecule has 29 heavy (non-hydrogen) atoms. The number of hydrogen-bond acceptors (Lipinski definition) is 9. The first-order valence-electron chi connectivity index (χ1n) is 8.20. The Morgan fingerprint density at radius 2 is 1.83 bits per heavy atom. The molecule has 0 aliphatic heterocycles. The van der Waals surface area contributed by atoms with Crippen LogP contribution in [-0.2, 0) is 30.3 Å². The molecule has 162 valence electrons. The largest absolute Gasteiger partial charge is 1.00 e. The predicted molar refractivity (Wildman–Crippen MR) is 105 cm³/mol. The summed E-state index contributed by atoms with van der Waals surface area (Å²) in [5, 5.41) is 23.8. The fraction of sp³-hybridized carbons (Fsp3) is 0.714. The number of carbonyl (C=O) groups excluding carboxylic acids is 3. The van der Waals surface area contributed by atoms with E-state index < -0.39 is 53.5 Å². The van der Waals surface area contributed by atoms with Crippen molar-refractivity contribution >= 4 is 56.4 Å². The quantitative estimate of drug-likeness (QED) is 0.0611. The molecule has 0 radical (unpaired) electrons. The summed E-state index contributed by atoms with van der Waals surface area (Å²) in [6.07, 6.45) is 0.891. The summed E-state index contributed by atoms with van der Waals surface area (Å²) in [5.41, 5.74) is 5.26. The minimum Gasteiger partial charge on any atom is -0.548 e. The van der Waals surface area contributed by atoms with E-state index in [1.807, 2.05) is 0 Å². The molecule has 0 saturated carbocycles. The van der Waals surface area contributed by atoms with Crippen LogP contribution in [-0.4, -0.2) is 73.5 Å².